The number of ether oxygens (including phenoxy) is 4. The van der Waals surface area contributed by atoms with E-state index in [2.05, 4.69) is 10.3 Å². The number of esters is 1. The number of nitrogens with zero attached hydrogens (tertiary/aromatic N) is 3. The number of aromatic nitrogens is 3. The molecule has 6 atom stereocenters. The molecule has 0 amide bonds. The summed E-state index contributed by atoms with van der Waals surface area (Å²) in [5.41, 5.74) is 5.54. The number of fused-ring (bicyclic) bond motifs is 1. The SMILES string of the molecule is NCCOCCn1cc(COC2c3c(O)cc(O)cc3OC(c3cc(O)c(O)c(O)c3)C2OC(=O)C2=CC(O)C(O)C(O)C2)nn1. The quantitative estimate of drug-likeness (QED) is 0.0721. The molecule has 0 saturated carbocycles. The fourth-order valence-electron chi connectivity index (χ4n) is 5.19. The van der Waals surface area contributed by atoms with Gasteiger partial charge in [0.1, 0.15) is 41.3 Å². The van der Waals surface area contributed by atoms with Gasteiger partial charge in [0.05, 0.1) is 44.2 Å². The van der Waals surface area contributed by atoms with E-state index in [0.29, 0.717) is 32.0 Å². The van der Waals surface area contributed by atoms with Gasteiger partial charge in [0.2, 0.25) is 0 Å². The largest absolute Gasteiger partial charge is 0.508 e. The summed E-state index contributed by atoms with van der Waals surface area (Å²) < 4.78 is 24.9. The fraction of sp³-hybridized carbons (Fsp3) is 0.414. The van der Waals surface area contributed by atoms with Crippen molar-refractivity contribution in [3.05, 3.63) is 58.9 Å². The second-order valence-electron chi connectivity index (χ2n) is 10.7. The number of aliphatic hydroxyl groups excluding tert-OH is 3. The van der Waals surface area contributed by atoms with Crippen LogP contribution in [0.2, 0.25) is 0 Å². The topological polar surface area (TPSA) is 273 Å². The van der Waals surface area contributed by atoms with E-state index < -0.39 is 65.6 Å². The third-order valence-corrected chi connectivity index (χ3v) is 7.43. The molecular weight excluding hydrogens is 612 g/mol. The first kappa shape index (κ1) is 32.7. The average Bonchev–Trinajstić information content (AvgIpc) is 3.46. The normalized spacial score (nSPS) is 24.1. The molecule has 0 bridgehead atoms. The van der Waals surface area contributed by atoms with Crippen LogP contribution in [0.25, 0.3) is 0 Å². The molecule has 1 aromatic heterocycles. The minimum Gasteiger partial charge on any atom is -0.508 e. The molecule has 0 fully saturated rings. The highest BCUT2D eigenvalue weighted by atomic mass is 16.6. The maximum absolute atomic E-state index is 13.5. The Kier molecular flexibility index (Phi) is 9.80. The van der Waals surface area contributed by atoms with Crippen molar-refractivity contribution in [2.45, 2.75) is 56.2 Å². The van der Waals surface area contributed by atoms with E-state index in [1.54, 1.807) is 6.20 Å². The zero-order chi connectivity index (χ0) is 33.1. The molecule has 0 radical (unpaired) electrons. The first-order valence-electron chi connectivity index (χ1n) is 14.2. The predicted octanol–water partition coefficient (Wildman–Crippen LogP) is -0.502. The van der Waals surface area contributed by atoms with Crippen LogP contribution in [0, 0.1) is 0 Å². The van der Waals surface area contributed by atoms with Gasteiger partial charge < -0.3 is 65.5 Å². The van der Waals surface area contributed by atoms with Crippen molar-refractivity contribution in [1.29, 1.82) is 0 Å². The molecule has 0 saturated heterocycles. The predicted molar refractivity (Wildman–Crippen MR) is 153 cm³/mol. The van der Waals surface area contributed by atoms with E-state index in [-0.39, 0.29) is 41.2 Å². The molecule has 2 aromatic carbocycles. The number of aliphatic hydroxyl groups is 3. The molecule has 248 valence electrons. The van der Waals surface area contributed by atoms with Crippen LogP contribution in [-0.4, -0.2) is 106 Å². The second kappa shape index (κ2) is 13.8. The lowest BCUT2D eigenvalue weighted by Crippen LogP contribution is -2.43. The van der Waals surface area contributed by atoms with Crippen molar-refractivity contribution in [3.8, 4) is 34.5 Å². The van der Waals surface area contributed by atoms with Gasteiger partial charge in [0, 0.05) is 36.2 Å². The summed E-state index contributed by atoms with van der Waals surface area (Å²) in [6.45, 7) is 1.19. The molecule has 1 aliphatic heterocycles. The third-order valence-electron chi connectivity index (χ3n) is 7.43. The smallest absolute Gasteiger partial charge is 0.334 e. The van der Waals surface area contributed by atoms with Crippen LogP contribution in [0.1, 0.15) is 35.4 Å². The van der Waals surface area contributed by atoms with Crippen LogP contribution in [0.15, 0.2) is 42.1 Å². The summed E-state index contributed by atoms with van der Waals surface area (Å²) in [4.78, 5) is 13.5. The number of phenolic OH excluding ortho intramolecular Hbond substituents is 5. The zero-order valence-electron chi connectivity index (χ0n) is 24.2. The van der Waals surface area contributed by atoms with Gasteiger partial charge in [-0.15, -0.1) is 5.10 Å². The second-order valence-corrected chi connectivity index (χ2v) is 10.7. The standard InChI is InChI=1S/C29H34N4O13/c30-1-3-43-4-2-33-11-15(31-32-33)12-44-27-23-17(35)9-16(34)10-22(23)45-26(13-5-18(36)24(40)19(37)6-13)28(27)46-29(42)14-7-20(38)25(41)21(39)8-14/h5-7,9-11,20-21,25-28,34-41H,1-4,8,12,30H2. The lowest BCUT2D eigenvalue weighted by Gasteiger charge is -2.39. The molecule has 17 heteroatoms. The van der Waals surface area contributed by atoms with Crippen LogP contribution in [-0.2, 0) is 32.2 Å². The molecule has 46 heavy (non-hydrogen) atoms. The number of carbonyl (C=O) groups excluding carboxylic acids is 1. The highest BCUT2D eigenvalue weighted by Gasteiger charge is 2.46. The van der Waals surface area contributed by atoms with E-state index in [1.165, 1.54) is 10.7 Å². The summed E-state index contributed by atoms with van der Waals surface area (Å²) in [5, 5.41) is 89.8. The third kappa shape index (κ3) is 6.94. The first-order valence-corrected chi connectivity index (χ1v) is 14.2. The fourth-order valence-corrected chi connectivity index (χ4v) is 5.19. The zero-order valence-corrected chi connectivity index (χ0v) is 24.2. The minimum absolute atomic E-state index is 0.00998. The number of nitrogens with two attached hydrogens (primary N) is 1. The van der Waals surface area contributed by atoms with Crippen LogP contribution in [0.3, 0.4) is 0 Å². The van der Waals surface area contributed by atoms with Gasteiger partial charge >= 0.3 is 5.97 Å². The summed E-state index contributed by atoms with van der Waals surface area (Å²) in [6.07, 6.45) is -6.61. The number of hydrogen-bond acceptors (Lipinski definition) is 16. The monoisotopic (exact) mass is 646 g/mol. The van der Waals surface area contributed by atoms with Crippen LogP contribution in [0.5, 0.6) is 34.5 Å². The Balaban J connectivity index is 1.52. The number of aromatic hydroxyl groups is 5. The van der Waals surface area contributed by atoms with Gasteiger partial charge in [-0.1, -0.05) is 5.21 Å². The molecule has 1 aliphatic carbocycles. The molecule has 2 heterocycles. The Morgan fingerprint density at radius 3 is 2.46 bits per heavy atom. The summed E-state index contributed by atoms with van der Waals surface area (Å²) in [7, 11) is 0. The molecule has 17 nitrogen and oxygen atoms in total. The maximum atomic E-state index is 13.5. The summed E-state index contributed by atoms with van der Waals surface area (Å²) in [6, 6.07) is 4.29. The van der Waals surface area contributed by atoms with Gasteiger partial charge in [-0.05, 0) is 18.2 Å². The van der Waals surface area contributed by atoms with Gasteiger partial charge in [-0.25, -0.2) is 9.48 Å². The Morgan fingerprint density at radius 1 is 1.02 bits per heavy atom. The highest BCUT2D eigenvalue weighted by molar-refractivity contribution is 5.89. The number of carbonyl (C=O) groups is 1. The first-order chi connectivity index (χ1) is 22.0. The van der Waals surface area contributed by atoms with E-state index in [1.807, 2.05) is 0 Å². The minimum atomic E-state index is -1.57. The van der Waals surface area contributed by atoms with Crippen molar-refractivity contribution < 1.29 is 64.6 Å². The Bertz CT molecular complexity index is 1570. The summed E-state index contributed by atoms with van der Waals surface area (Å²) in [5.74, 6) is -4.28. The van der Waals surface area contributed by atoms with Gasteiger partial charge in [0.15, 0.2) is 29.5 Å². The van der Waals surface area contributed by atoms with Crippen molar-refractivity contribution in [1.82, 2.24) is 15.0 Å². The maximum Gasteiger partial charge on any atom is 0.334 e. The van der Waals surface area contributed by atoms with Gasteiger partial charge in [0.25, 0.3) is 0 Å². The average molecular weight is 647 g/mol. The molecule has 3 aromatic rings. The number of phenols is 5. The molecule has 2 aliphatic rings. The van der Waals surface area contributed by atoms with Crippen molar-refractivity contribution in [2.75, 3.05) is 19.8 Å². The van der Waals surface area contributed by atoms with Gasteiger partial charge in [-0.2, -0.15) is 0 Å². The molecule has 0 spiro atoms. The lowest BCUT2D eigenvalue weighted by molar-refractivity contribution is -0.171. The lowest BCUT2D eigenvalue weighted by atomic mass is 9.90. The van der Waals surface area contributed by atoms with Crippen LogP contribution in [0.4, 0.5) is 0 Å². The van der Waals surface area contributed by atoms with Crippen LogP contribution >= 0.6 is 0 Å². The van der Waals surface area contributed by atoms with Crippen LogP contribution < -0.4 is 10.5 Å². The van der Waals surface area contributed by atoms with E-state index in [0.717, 1.165) is 24.3 Å². The number of hydrogen-bond donors (Lipinski definition) is 9. The number of benzene rings is 2. The van der Waals surface area contributed by atoms with Crippen molar-refractivity contribution >= 4 is 5.97 Å². The molecular formula is C29H34N4O13. The number of rotatable bonds is 11. The van der Waals surface area contributed by atoms with E-state index in [4.69, 9.17) is 24.7 Å². The van der Waals surface area contributed by atoms with Crippen molar-refractivity contribution in [3.63, 3.8) is 0 Å². The highest BCUT2D eigenvalue weighted by Crippen LogP contribution is 2.51. The molecule has 6 unspecified atom stereocenters. The van der Waals surface area contributed by atoms with Gasteiger partial charge in [-0.3, -0.25) is 0 Å². The Labute approximate surface area is 260 Å². The van der Waals surface area contributed by atoms with Crippen molar-refractivity contribution in [2.24, 2.45) is 5.73 Å². The Hall–Kier alpha value is -4.65. The summed E-state index contributed by atoms with van der Waals surface area (Å²) >= 11 is 0. The van der Waals surface area contributed by atoms with E-state index >= 15 is 0 Å². The van der Waals surface area contributed by atoms with E-state index in [9.17, 15) is 45.6 Å². The Morgan fingerprint density at radius 2 is 1.76 bits per heavy atom. The molecule has 5 rings (SSSR count). The molecule has 10 N–H and O–H groups in total.